The summed E-state index contributed by atoms with van der Waals surface area (Å²) >= 11 is 1.23. The molecule has 2 aromatic rings. The number of nitrogens with zero attached hydrogens (tertiary/aromatic N) is 1. The van der Waals surface area contributed by atoms with Gasteiger partial charge in [-0.25, -0.2) is 12.8 Å². The van der Waals surface area contributed by atoms with Gasteiger partial charge in [0.15, 0.2) is 5.76 Å². The summed E-state index contributed by atoms with van der Waals surface area (Å²) in [6.45, 7) is 13.1. The molecule has 0 radical (unpaired) electrons. The van der Waals surface area contributed by atoms with E-state index in [1.165, 1.54) is 61.7 Å². The van der Waals surface area contributed by atoms with Crippen LogP contribution in [0.2, 0.25) is 0 Å². The Kier molecular flexibility index (Phi) is 15.4. The van der Waals surface area contributed by atoms with Crippen molar-refractivity contribution in [2.75, 3.05) is 13.1 Å². The van der Waals surface area contributed by atoms with E-state index in [0.717, 1.165) is 12.1 Å². The average molecular weight is 696 g/mol. The van der Waals surface area contributed by atoms with Crippen LogP contribution in [0.5, 0.6) is 0 Å². The Bertz CT molecular complexity index is 1450. The number of piperidine rings is 1. The van der Waals surface area contributed by atoms with Crippen LogP contribution in [-0.2, 0) is 15.7 Å². The van der Waals surface area contributed by atoms with Gasteiger partial charge in [0.05, 0.1) is 15.2 Å². The summed E-state index contributed by atoms with van der Waals surface area (Å²) in [6, 6.07) is 10.2. The van der Waals surface area contributed by atoms with Gasteiger partial charge in [0, 0.05) is 42.9 Å². The van der Waals surface area contributed by atoms with Crippen LogP contribution in [0.3, 0.4) is 0 Å². The number of thioether (sulfide) groups is 1. The molecule has 1 heterocycles. The highest BCUT2D eigenvalue weighted by Gasteiger charge is 2.32. The lowest BCUT2D eigenvalue weighted by molar-refractivity contribution is 0.0197. The molecule has 7 nitrogen and oxygen atoms in total. The molecule has 1 aliphatic heterocycles. The van der Waals surface area contributed by atoms with E-state index in [1.54, 1.807) is 6.92 Å². The van der Waals surface area contributed by atoms with Crippen LogP contribution in [-0.4, -0.2) is 54.0 Å². The fourth-order valence-electron chi connectivity index (χ4n) is 3.90. The Morgan fingerprint density at radius 1 is 1.13 bits per heavy atom. The van der Waals surface area contributed by atoms with E-state index in [9.17, 15) is 35.2 Å². The predicted octanol–water partition coefficient (Wildman–Crippen LogP) is 7.16. The second kappa shape index (κ2) is 17.2. The normalized spacial score (nSPS) is 15.8. The summed E-state index contributed by atoms with van der Waals surface area (Å²) < 4.78 is 91.2. The second-order valence-electron chi connectivity index (χ2n) is 9.94. The molecule has 0 aromatic heterocycles. The quantitative estimate of drug-likeness (QED) is 0.0460. The summed E-state index contributed by atoms with van der Waals surface area (Å²) in [5.41, 5.74) is 2.87. The van der Waals surface area contributed by atoms with Crippen molar-refractivity contribution in [3.63, 3.8) is 0 Å². The first-order chi connectivity index (χ1) is 20.7. The Morgan fingerprint density at radius 2 is 1.67 bits per heavy atom. The van der Waals surface area contributed by atoms with Gasteiger partial charge >= 0.3 is 0 Å². The van der Waals surface area contributed by atoms with Gasteiger partial charge in [-0.3, -0.25) is 4.79 Å². The number of sulfonamides is 1. The van der Waals surface area contributed by atoms with Gasteiger partial charge < -0.3 is 16.2 Å². The first-order valence-corrected chi connectivity index (χ1v) is 16.4. The molecule has 3 rings (SSSR count). The Labute approximate surface area is 268 Å². The summed E-state index contributed by atoms with van der Waals surface area (Å²) in [6.07, 6.45) is 1.00. The number of hydrogen-bond donors (Lipinski definition) is 3. The molecular weight excluding hydrogens is 656 g/mol. The number of carbonyl (C=O) groups is 1. The number of aliphatic hydroxyl groups excluding tert-OH is 1. The van der Waals surface area contributed by atoms with Crippen molar-refractivity contribution >= 4 is 36.8 Å². The highest BCUT2D eigenvalue weighted by atomic mass is 32.2. The molecule has 0 aliphatic carbocycles. The number of alkyl halides is 4. The second-order valence-corrected chi connectivity index (χ2v) is 14.0. The molecule has 45 heavy (non-hydrogen) atoms. The van der Waals surface area contributed by atoms with Gasteiger partial charge in [0.25, 0.3) is 11.6 Å². The Balaban J connectivity index is 0.000000991. The molecule has 250 valence electrons. The summed E-state index contributed by atoms with van der Waals surface area (Å²) in [5.74, 6) is -5.11. The van der Waals surface area contributed by atoms with Gasteiger partial charge in [-0.2, -0.15) is 21.9 Å². The maximum absolute atomic E-state index is 13.6. The monoisotopic (exact) mass is 695 g/mol. The number of nitrogens with two attached hydrogens (primary N) is 1. The highest BCUT2D eigenvalue weighted by Crippen LogP contribution is 2.36. The van der Waals surface area contributed by atoms with Crippen molar-refractivity contribution in [2.45, 2.75) is 61.5 Å². The van der Waals surface area contributed by atoms with E-state index in [1.807, 2.05) is 6.92 Å². The number of allylic oxidation sites excluding steroid dienone is 3. The molecule has 1 fully saturated rings. The number of hydrogen-bond acceptors (Lipinski definition) is 7. The van der Waals surface area contributed by atoms with Gasteiger partial charge in [0.1, 0.15) is 5.82 Å². The molecule has 15 heteroatoms. The first kappa shape index (κ1) is 40.3. The highest BCUT2D eigenvalue weighted by molar-refractivity contribution is 8.04. The molecule has 1 aliphatic rings. The number of benzene rings is 2. The number of ketones is 1. The number of nitrogens with one attached hydrogen (secondary N) is 1. The topological polar surface area (TPSA) is 113 Å². The molecule has 2 unspecified atom stereocenters. The number of aliphatic hydroxyl groups is 1. The maximum Gasteiger partial charge on any atom is 0.300 e. The van der Waals surface area contributed by atoms with E-state index in [-0.39, 0.29) is 46.3 Å². The lowest BCUT2D eigenvalue weighted by Crippen LogP contribution is -2.46. The Morgan fingerprint density at radius 3 is 2.13 bits per heavy atom. The predicted molar refractivity (Wildman–Crippen MR) is 173 cm³/mol. The van der Waals surface area contributed by atoms with Gasteiger partial charge in [-0.15, -0.1) is 24.9 Å². The van der Waals surface area contributed by atoms with Crippen LogP contribution < -0.4 is 11.1 Å². The smallest absolute Gasteiger partial charge is 0.300 e. The SMILES string of the molecule is C/C(N)=C(\SC(C)NC1CCN(S(=O)(=O)c2cccc(C(F)(F)P)c2)CC1)C(=O)c1cccc(F)c1.C=C.C=C(O)C(C)(F)F. The zero-order valence-electron chi connectivity index (χ0n) is 25.2. The number of rotatable bonds is 10. The molecule has 2 atom stereocenters. The van der Waals surface area contributed by atoms with Crippen LogP contribution in [0.25, 0.3) is 0 Å². The summed E-state index contributed by atoms with van der Waals surface area (Å²) in [7, 11) is -2.50. The minimum absolute atomic E-state index is 0.0229. The molecule has 0 amide bonds. The lowest BCUT2D eigenvalue weighted by atomic mass is 10.1. The summed E-state index contributed by atoms with van der Waals surface area (Å²) in [5, 5.41) is 11.1. The van der Waals surface area contributed by atoms with Crippen molar-refractivity contribution in [1.82, 2.24) is 9.62 Å². The van der Waals surface area contributed by atoms with Gasteiger partial charge in [-0.05, 0) is 51.0 Å². The maximum atomic E-state index is 13.6. The molecule has 2 aromatic carbocycles. The molecular formula is C30H39F5N3O4PS2. The third kappa shape index (κ3) is 12.5. The Hall–Kier alpha value is -2.77. The van der Waals surface area contributed by atoms with Crippen molar-refractivity contribution < 1.29 is 40.3 Å². The summed E-state index contributed by atoms with van der Waals surface area (Å²) in [4.78, 5) is 13.0. The van der Waals surface area contributed by atoms with Gasteiger partial charge in [-0.1, -0.05) is 40.1 Å². The van der Waals surface area contributed by atoms with Crippen LogP contribution in [0.1, 0.15) is 49.5 Å². The third-order valence-corrected chi connectivity index (χ3v) is 9.69. The minimum Gasteiger partial charge on any atom is -0.507 e. The standard InChI is InChI=1S/C24H29F3N3O3PS2.C4H6F2O.C2H4/c1-15(28)23(22(31)17-5-3-7-19(25)13-17)35-16(2)29-20-9-11-30(12-10-20)36(32,33)21-8-4-6-18(14-21)24(26,27)34;1-3(7)4(2,5)6;1-2/h3-8,13-14,16,20,29H,9-12,28,34H2,1-2H3;7H,1H2,2H3;1-2H2/b23-15+;;. The van der Waals surface area contributed by atoms with Gasteiger partial charge in [0.2, 0.25) is 15.8 Å². The minimum atomic E-state index is -3.91. The average Bonchev–Trinajstić information content (AvgIpc) is 2.96. The fraction of sp³-hybridized carbons (Fsp3) is 0.367. The number of Topliss-reactive ketones (excluding diaryl/α,β-unsaturated/α-hetero) is 1. The van der Waals surface area contributed by atoms with E-state index < -0.39 is 33.2 Å². The molecule has 4 N–H and O–H groups in total. The molecule has 1 saturated heterocycles. The van der Waals surface area contributed by atoms with Crippen LogP contribution in [0, 0.1) is 5.82 Å². The van der Waals surface area contributed by atoms with Crippen molar-refractivity contribution in [1.29, 1.82) is 0 Å². The zero-order chi connectivity index (χ0) is 34.8. The molecule has 0 spiro atoms. The first-order valence-electron chi connectivity index (χ1n) is 13.5. The van der Waals surface area contributed by atoms with E-state index in [4.69, 9.17) is 10.8 Å². The third-order valence-electron chi connectivity index (χ3n) is 6.23. The van der Waals surface area contributed by atoms with Crippen LogP contribution in [0.15, 0.2) is 89.5 Å². The van der Waals surface area contributed by atoms with Crippen LogP contribution in [0.4, 0.5) is 22.0 Å². The molecule has 0 saturated carbocycles. The van der Waals surface area contributed by atoms with Crippen molar-refractivity contribution in [2.24, 2.45) is 5.73 Å². The van der Waals surface area contributed by atoms with E-state index >= 15 is 0 Å². The largest absolute Gasteiger partial charge is 0.507 e. The lowest BCUT2D eigenvalue weighted by Gasteiger charge is -2.33. The van der Waals surface area contributed by atoms with E-state index in [0.29, 0.717) is 30.4 Å². The van der Waals surface area contributed by atoms with Crippen LogP contribution >= 0.6 is 21.0 Å². The van der Waals surface area contributed by atoms with Crippen molar-refractivity contribution in [3.8, 4) is 0 Å². The zero-order valence-corrected chi connectivity index (χ0v) is 28.0. The number of carbonyl (C=O) groups excluding carboxylic acids is 1. The molecule has 0 bridgehead atoms. The fourth-order valence-corrected chi connectivity index (χ4v) is 6.63. The van der Waals surface area contributed by atoms with Crippen molar-refractivity contribution in [3.05, 3.63) is 102 Å². The van der Waals surface area contributed by atoms with E-state index in [2.05, 4.69) is 25.1 Å². The number of halogens is 5.